The normalized spacial score (nSPS) is 18.9. The number of ether oxygens (including phenoxy) is 1. The standard InChI is InChI=1S/C19H17NO5/c1-10-3-5-11(6-4-10)17(22)15-16(20-19(24)18(15)23)12-7-8-13(21)14(9-12)25-2/h3-9,16,21-22H,1-2H3,(H,20,24). The lowest BCUT2D eigenvalue weighted by atomic mass is 9.95. The van der Waals surface area contributed by atoms with Crippen molar-refractivity contribution in [1.29, 1.82) is 0 Å². The fourth-order valence-corrected chi connectivity index (χ4v) is 2.76. The smallest absolute Gasteiger partial charge is 0.293 e. The molecule has 3 N–H and O–H groups in total. The molecule has 2 aromatic rings. The van der Waals surface area contributed by atoms with Gasteiger partial charge in [-0.1, -0.05) is 35.9 Å². The molecule has 128 valence electrons. The van der Waals surface area contributed by atoms with E-state index in [0.717, 1.165) is 5.56 Å². The lowest BCUT2D eigenvalue weighted by molar-refractivity contribution is -0.133. The fraction of sp³-hybridized carbons (Fsp3) is 0.158. The predicted molar refractivity (Wildman–Crippen MR) is 91.3 cm³/mol. The van der Waals surface area contributed by atoms with Gasteiger partial charge in [-0.15, -0.1) is 0 Å². The van der Waals surface area contributed by atoms with Gasteiger partial charge in [-0.2, -0.15) is 0 Å². The molecule has 0 radical (unpaired) electrons. The second-order valence-corrected chi connectivity index (χ2v) is 5.80. The molecule has 2 aromatic carbocycles. The van der Waals surface area contributed by atoms with E-state index < -0.39 is 17.7 Å². The fourth-order valence-electron chi connectivity index (χ4n) is 2.76. The Morgan fingerprint density at radius 1 is 1.12 bits per heavy atom. The Morgan fingerprint density at radius 2 is 1.80 bits per heavy atom. The zero-order chi connectivity index (χ0) is 18.1. The number of rotatable bonds is 3. The van der Waals surface area contributed by atoms with E-state index in [4.69, 9.17) is 4.74 Å². The Balaban J connectivity index is 2.12. The molecule has 1 fully saturated rings. The summed E-state index contributed by atoms with van der Waals surface area (Å²) in [6.45, 7) is 1.91. The lowest BCUT2D eigenvalue weighted by Gasteiger charge is -2.15. The van der Waals surface area contributed by atoms with Crippen LogP contribution in [0.4, 0.5) is 0 Å². The highest BCUT2D eigenvalue weighted by Gasteiger charge is 2.39. The molecule has 3 rings (SSSR count). The molecule has 1 atom stereocenters. The first-order valence-corrected chi connectivity index (χ1v) is 7.64. The van der Waals surface area contributed by atoms with Crippen LogP contribution in [0.2, 0.25) is 0 Å². The molecule has 1 heterocycles. The summed E-state index contributed by atoms with van der Waals surface area (Å²) in [7, 11) is 1.40. The summed E-state index contributed by atoms with van der Waals surface area (Å²) in [5.41, 5.74) is 1.94. The summed E-state index contributed by atoms with van der Waals surface area (Å²) in [4.78, 5) is 24.2. The maximum atomic E-state index is 12.3. The minimum absolute atomic E-state index is 0.0263. The molecule has 0 saturated carbocycles. The predicted octanol–water partition coefficient (Wildman–Crippen LogP) is 2.42. The molecular formula is C19H17NO5. The van der Waals surface area contributed by atoms with Crippen molar-refractivity contribution in [3.63, 3.8) is 0 Å². The van der Waals surface area contributed by atoms with Crippen LogP contribution in [0, 0.1) is 6.92 Å². The number of aryl methyl sites for hydroxylation is 1. The molecule has 0 bridgehead atoms. The van der Waals surface area contributed by atoms with E-state index in [1.165, 1.54) is 19.2 Å². The molecule has 0 aromatic heterocycles. The molecule has 1 amide bonds. The summed E-state index contributed by atoms with van der Waals surface area (Å²) >= 11 is 0. The molecule has 1 aliphatic heterocycles. The van der Waals surface area contributed by atoms with E-state index in [9.17, 15) is 19.8 Å². The maximum absolute atomic E-state index is 12.3. The van der Waals surface area contributed by atoms with Crippen LogP contribution in [0.25, 0.3) is 5.76 Å². The largest absolute Gasteiger partial charge is 0.507 e. The van der Waals surface area contributed by atoms with Gasteiger partial charge in [0.2, 0.25) is 0 Å². The third-order valence-corrected chi connectivity index (χ3v) is 4.13. The first-order valence-electron chi connectivity index (χ1n) is 7.64. The molecule has 0 spiro atoms. The second kappa shape index (κ2) is 6.32. The van der Waals surface area contributed by atoms with Crippen molar-refractivity contribution in [2.24, 2.45) is 0 Å². The first kappa shape index (κ1) is 16.6. The van der Waals surface area contributed by atoms with Gasteiger partial charge in [0, 0.05) is 5.56 Å². The molecule has 6 heteroatoms. The van der Waals surface area contributed by atoms with E-state index in [-0.39, 0.29) is 22.8 Å². The third kappa shape index (κ3) is 2.94. The van der Waals surface area contributed by atoms with Crippen molar-refractivity contribution in [2.45, 2.75) is 13.0 Å². The number of hydrogen-bond acceptors (Lipinski definition) is 5. The number of amides is 1. The number of carbonyl (C=O) groups is 2. The quantitative estimate of drug-likeness (QED) is 0.453. The van der Waals surface area contributed by atoms with Gasteiger partial charge < -0.3 is 20.3 Å². The van der Waals surface area contributed by atoms with Gasteiger partial charge in [0.25, 0.3) is 11.7 Å². The average Bonchev–Trinajstić information content (AvgIpc) is 2.90. The lowest BCUT2D eigenvalue weighted by Crippen LogP contribution is -2.21. The van der Waals surface area contributed by atoms with Crippen LogP contribution in [0.1, 0.15) is 22.7 Å². The van der Waals surface area contributed by atoms with Gasteiger partial charge in [0.05, 0.1) is 18.7 Å². The average molecular weight is 339 g/mol. The number of aromatic hydroxyl groups is 1. The van der Waals surface area contributed by atoms with Crippen LogP contribution in [0.5, 0.6) is 11.5 Å². The van der Waals surface area contributed by atoms with Gasteiger partial charge in [0.15, 0.2) is 11.5 Å². The Bertz CT molecular complexity index is 883. The van der Waals surface area contributed by atoms with Crippen molar-refractivity contribution >= 4 is 17.4 Å². The van der Waals surface area contributed by atoms with Gasteiger partial charge in [0.1, 0.15) is 5.76 Å². The van der Waals surface area contributed by atoms with E-state index in [0.29, 0.717) is 11.1 Å². The molecule has 1 aliphatic rings. The van der Waals surface area contributed by atoms with Crippen molar-refractivity contribution in [2.75, 3.05) is 7.11 Å². The zero-order valence-corrected chi connectivity index (χ0v) is 13.7. The molecule has 1 saturated heterocycles. The number of phenolic OH excluding ortho intramolecular Hbond substituents is 1. The zero-order valence-electron chi connectivity index (χ0n) is 13.7. The molecular weight excluding hydrogens is 322 g/mol. The number of benzene rings is 2. The van der Waals surface area contributed by atoms with Gasteiger partial charge in [-0.3, -0.25) is 9.59 Å². The highest BCUT2D eigenvalue weighted by Crippen LogP contribution is 2.36. The minimum Gasteiger partial charge on any atom is -0.507 e. The van der Waals surface area contributed by atoms with Crippen LogP contribution in [0.15, 0.2) is 48.0 Å². The number of phenols is 1. The first-order chi connectivity index (χ1) is 11.9. The Morgan fingerprint density at radius 3 is 2.44 bits per heavy atom. The SMILES string of the molecule is COc1cc(C2NC(=O)C(=O)C2=C(O)c2ccc(C)cc2)ccc1O. The van der Waals surface area contributed by atoms with E-state index in [1.807, 2.05) is 6.92 Å². The topological polar surface area (TPSA) is 95.9 Å². The monoisotopic (exact) mass is 339 g/mol. The summed E-state index contributed by atoms with van der Waals surface area (Å²) < 4.78 is 5.07. The summed E-state index contributed by atoms with van der Waals surface area (Å²) in [5.74, 6) is -1.67. The highest BCUT2D eigenvalue weighted by molar-refractivity contribution is 6.46. The van der Waals surface area contributed by atoms with Crippen molar-refractivity contribution in [3.05, 3.63) is 64.7 Å². The number of nitrogens with one attached hydrogen (secondary N) is 1. The summed E-state index contributed by atoms with van der Waals surface area (Å²) in [6.07, 6.45) is 0. The molecule has 6 nitrogen and oxygen atoms in total. The van der Waals surface area contributed by atoms with Crippen LogP contribution in [-0.2, 0) is 9.59 Å². The minimum atomic E-state index is -0.823. The van der Waals surface area contributed by atoms with Crippen LogP contribution < -0.4 is 10.1 Å². The van der Waals surface area contributed by atoms with E-state index in [1.54, 1.807) is 30.3 Å². The van der Waals surface area contributed by atoms with Crippen molar-refractivity contribution < 1.29 is 24.5 Å². The Kier molecular flexibility index (Phi) is 4.19. The maximum Gasteiger partial charge on any atom is 0.293 e. The number of Topliss-reactive ketones (excluding diaryl/α,β-unsaturated/α-hetero) is 1. The Labute approximate surface area is 144 Å². The number of methoxy groups -OCH3 is 1. The number of ketones is 1. The van der Waals surface area contributed by atoms with Crippen LogP contribution in [0.3, 0.4) is 0 Å². The number of aliphatic hydroxyl groups is 1. The molecule has 1 unspecified atom stereocenters. The second-order valence-electron chi connectivity index (χ2n) is 5.80. The van der Waals surface area contributed by atoms with Crippen LogP contribution in [-0.4, -0.2) is 29.0 Å². The van der Waals surface area contributed by atoms with Crippen molar-refractivity contribution in [1.82, 2.24) is 5.32 Å². The third-order valence-electron chi connectivity index (χ3n) is 4.13. The van der Waals surface area contributed by atoms with Gasteiger partial charge >= 0.3 is 0 Å². The molecule has 0 aliphatic carbocycles. The highest BCUT2D eigenvalue weighted by atomic mass is 16.5. The van der Waals surface area contributed by atoms with E-state index in [2.05, 4.69) is 5.32 Å². The molecule has 25 heavy (non-hydrogen) atoms. The number of carbonyl (C=O) groups excluding carboxylic acids is 2. The van der Waals surface area contributed by atoms with Crippen LogP contribution >= 0.6 is 0 Å². The summed E-state index contributed by atoms with van der Waals surface area (Å²) in [6, 6.07) is 10.6. The number of aliphatic hydroxyl groups excluding tert-OH is 1. The van der Waals surface area contributed by atoms with Crippen molar-refractivity contribution in [3.8, 4) is 11.5 Å². The number of hydrogen-bond donors (Lipinski definition) is 3. The van der Waals surface area contributed by atoms with Gasteiger partial charge in [-0.05, 0) is 24.6 Å². The van der Waals surface area contributed by atoms with E-state index >= 15 is 0 Å². The van der Waals surface area contributed by atoms with Gasteiger partial charge in [-0.25, -0.2) is 0 Å². The Hall–Kier alpha value is -3.28. The summed E-state index contributed by atoms with van der Waals surface area (Å²) in [5, 5.41) is 22.9.